The molecule has 7 nitrogen and oxygen atoms in total. The molecule has 180 valence electrons. The Morgan fingerprint density at radius 1 is 1.00 bits per heavy atom. The van der Waals surface area contributed by atoms with Crippen LogP contribution in [0.15, 0.2) is 59.9 Å². The van der Waals surface area contributed by atoms with Gasteiger partial charge in [-0.1, -0.05) is 26.8 Å². The summed E-state index contributed by atoms with van der Waals surface area (Å²) in [7, 11) is -3.54. The van der Waals surface area contributed by atoms with Gasteiger partial charge in [0.05, 0.1) is 28.5 Å². The second-order valence-electron chi connectivity index (χ2n) is 8.58. The lowest BCUT2D eigenvalue weighted by molar-refractivity contribution is -0.141. The van der Waals surface area contributed by atoms with Crippen LogP contribution in [0.1, 0.15) is 42.4 Å². The lowest BCUT2D eigenvalue weighted by Gasteiger charge is -2.21. The Bertz CT molecular complexity index is 1320. The van der Waals surface area contributed by atoms with E-state index in [2.05, 4.69) is 15.3 Å². The van der Waals surface area contributed by atoms with Crippen LogP contribution in [0.25, 0.3) is 0 Å². The molecule has 0 aliphatic heterocycles. The van der Waals surface area contributed by atoms with Crippen LogP contribution in [0.4, 0.5) is 18.9 Å². The number of carbonyl (C=O) groups excluding carboxylic acids is 1. The van der Waals surface area contributed by atoms with Crippen LogP contribution in [0, 0.1) is 0 Å². The third kappa shape index (κ3) is 6.10. The fourth-order valence-corrected chi connectivity index (χ4v) is 3.48. The first kappa shape index (κ1) is 25.2. The second kappa shape index (κ2) is 9.05. The fourth-order valence-electron chi connectivity index (χ4n) is 2.88. The van der Waals surface area contributed by atoms with Crippen LogP contribution in [0.2, 0.25) is 0 Å². The number of hydrogen-bond acceptors (Lipinski definition) is 6. The molecule has 1 aromatic carbocycles. The molecule has 2 heterocycles. The standard InChI is InChI=1S/C23H22F3N3O4S/c1-22(2,3)14-5-7-18(21(30)29-15-10-17(13-27-11-15)34(4,31)32)19(9-14)33-16-6-8-20(28-12-16)23(24,25)26/h5-13H,1-4H3,(H,29,30). The van der Waals surface area contributed by atoms with Crippen molar-refractivity contribution in [3.8, 4) is 11.5 Å². The summed E-state index contributed by atoms with van der Waals surface area (Å²) in [5.74, 6) is -0.518. The van der Waals surface area contributed by atoms with E-state index in [-0.39, 0.29) is 33.1 Å². The molecule has 1 amide bonds. The number of nitrogens with zero attached hydrogens (tertiary/aromatic N) is 2. The van der Waals surface area contributed by atoms with Gasteiger partial charge in [0.2, 0.25) is 0 Å². The van der Waals surface area contributed by atoms with Crippen LogP contribution in [-0.2, 0) is 21.4 Å². The van der Waals surface area contributed by atoms with Gasteiger partial charge in [0.25, 0.3) is 5.91 Å². The van der Waals surface area contributed by atoms with Crippen LogP contribution in [0.3, 0.4) is 0 Å². The van der Waals surface area contributed by atoms with Gasteiger partial charge in [-0.05, 0) is 41.3 Å². The smallest absolute Gasteiger partial charge is 0.433 e. The SMILES string of the molecule is CC(C)(C)c1ccc(C(=O)Nc2cncc(S(C)(=O)=O)c2)c(Oc2ccc(C(F)(F)F)nc2)c1. The summed E-state index contributed by atoms with van der Waals surface area (Å²) in [5.41, 5.74) is -0.328. The highest BCUT2D eigenvalue weighted by Crippen LogP contribution is 2.33. The minimum Gasteiger partial charge on any atom is -0.455 e. The number of nitrogens with one attached hydrogen (secondary N) is 1. The summed E-state index contributed by atoms with van der Waals surface area (Å²) in [6.07, 6.45) is -0.200. The summed E-state index contributed by atoms with van der Waals surface area (Å²) in [6, 6.07) is 8.04. The largest absolute Gasteiger partial charge is 0.455 e. The summed E-state index contributed by atoms with van der Waals surface area (Å²) < 4.78 is 67.7. The third-order valence-electron chi connectivity index (χ3n) is 4.75. The van der Waals surface area contributed by atoms with E-state index < -0.39 is 27.6 Å². The van der Waals surface area contributed by atoms with Crippen molar-refractivity contribution >= 4 is 21.4 Å². The second-order valence-corrected chi connectivity index (χ2v) is 10.6. The van der Waals surface area contributed by atoms with Crippen molar-refractivity contribution in [3.63, 3.8) is 0 Å². The fraction of sp³-hybridized carbons (Fsp3) is 0.261. The third-order valence-corrected chi connectivity index (χ3v) is 5.83. The molecule has 0 spiro atoms. The minimum absolute atomic E-state index is 0.00819. The van der Waals surface area contributed by atoms with Crippen molar-refractivity contribution in [3.05, 3.63) is 71.8 Å². The Kier molecular flexibility index (Phi) is 6.70. The number of rotatable bonds is 5. The van der Waals surface area contributed by atoms with E-state index in [1.807, 2.05) is 20.8 Å². The first-order valence-corrected chi connectivity index (χ1v) is 11.9. The van der Waals surface area contributed by atoms with E-state index >= 15 is 0 Å². The average Bonchev–Trinajstić information content (AvgIpc) is 2.72. The predicted molar refractivity (Wildman–Crippen MR) is 120 cm³/mol. The van der Waals surface area contributed by atoms with Crippen molar-refractivity contribution in [2.75, 3.05) is 11.6 Å². The van der Waals surface area contributed by atoms with Crippen molar-refractivity contribution < 1.29 is 31.1 Å². The molecule has 1 N–H and O–H groups in total. The van der Waals surface area contributed by atoms with E-state index in [0.717, 1.165) is 36.3 Å². The average molecular weight is 494 g/mol. The molecule has 0 saturated heterocycles. The molecule has 0 aliphatic carbocycles. The zero-order valence-electron chi connectivity index (χ0n) is 18.8. The van der Waals surface area contributed by atoms with Gasteiger partial charge in [0.15, 0.2) is 9.84 Å². The topological polar surface area (TPSA) is 98.2 Å². The zero-order chi connectivity index (χ0) is 25.3. The zero-order valence-corrected chi connectivity index (χ0v) is 19.6. The first-order valence-electron chi connectivity index (χ1n) is 9.97. The molecular weight excluding hydrogens is 471 g/mol. The number of sulfone groups is 1. The van der Waals surface area contributed by atoms with Gasteiger partial charge >= 0.3 is 6.18 Å². The number of anilines is 1. The number of pyridine rings is 2. The molecule has 0 unspecified atom stereocenters. The molecular formula is C23H22F3N3O4S. The Hall–Kier alpha value is -3.47. The Morgan fingerprint density at radius 2 is 1.71 bits per heavy atom. The molecule has 3 rings (SSSR count). The van der Waals surface area contributed by atoms with Gasteiger partial charge in [-0.25, -0.2) is 13.4 Å². The van der Waals surface area contributed by atoms with Crippen molar-refractivity contribution in [1.29, 1.82) is 0 Å². The van der Waals surface area contributed by atoms with Gasteiger partial charge in [0, 0.05) is 12.5 Å². The first-order chi connectivity index (χ1) is 15.6. The lowest BCUT2D eigenvalue weighted by atomic mass is 9.86. The van der Waals surface area contributed by atoms with Gasteiger partial charge in [-0.3, -0.25) is 9.78 Å². The van der Waals surface area contributed by atoms with Crippen molar-refractivity contribution in [2.24, 2.45) is 0 Å². The Morgan fingerprint density at radius 3 is 2.26 bits per heavy atom. The van der Waals surface area contributed by atoms with E-state index in [4.69, 9.17) is 4.74 Å². The maximum Gasteiger partial charge on any atom is 0.433 e. The summed E-state index contributed by atoms with van der Waals surface area (Å²) in [5, 5.41) is 2.57. The highest BCUT2D eigenvalue weighted by Gasteiger charge is 2.32. The molecule has 0 bridgehead atoms. The van der Waals surface area contributed by atoms with Crippen LogP contribution >= 0.6 is 0 Å². The van der Waals surface area contributed by atoms with Gasteiger partial charge < -0.3 is 10.1 Å². The van der Waals surface area contributed by atoms with E-state index in [1.54, 1.807) is 12.1 Å². The molecule has 34 heavy (non-hydrogen) atoms. The number of aromatic nitrogens is 2. The molecule has 0 atom stereocenters. The number of alkyl halides is 3. The maximum absolute atomic E-state index is 13.0. The Balaban J connectivity index is 1.96. The number of benzene rings is 1. The van der Waals surface area contributed by atoms with E-state index in [9.17, 15) is 26.4 Å². The number of ether oxygens (including phenoxy) is 1. The van der Waals surface area contributed by atoms with Gasteiger partial charge in [-0.2, -0.15) is 13.2 Å². The molecule has 0 fully saturated rings. The lowest BCUT2D eigenvalue weighted by Crippen LogP contribution is -2.16. The number of hydrogen-bond donors (Lipinski definition) is 1. The quantitative estimate of drug-likeness (QED) is 0.522. The normalized spacial score (nSPS) is 12.3. The molecule has 2 aromatic heterocycles. The highest BCUT2D eigenvalue weighted by molar-refractivity contribution is 7.90. The monoisotopic (exact) mass is 493 g/mol. The number of carbonyl (C=O) groups is 1. The predicted octanol–water partition coefficient (Wildman–Crippen LogP) is 5.24. The van der Waals surface area contributed by atoms with Crippen molar-refractivity contribution in [2.45, 2.75) is 37.3 Å². The van der Waals surface area contributed by atoms with E-state index in [1.165, 1.54) is 18.3 Å². The molecule has 0 radical (unpaired) electrons. The van der Waals surface area contributed by atoms with Crippen molar-refractivity contribution in [1.82, 2.24) is 9.97 Å². The summed E-state index contributed by atoms with van der Waals surface area (Å²) in [6.45, 7) is 5.86. The molecule has 0 aliphatic rings. The van der Waals surface area contributed by atoms with Crippen LogP contribution < -0.4 is 10.1 Å². The Labute approximate surface area is 194 Å². The van der Waals surface area contributed by atoms with E-state index in [0.29, 0.717) is 0 Å². The molecule has 3 aromatic rings. The maximum atomic E-state index is 13.0. The van der Waals surface area contributed by atoms with Gasteiger partial charge in [0.1, 0.15) is 17.2 Å². The summed E-state index contributed by atoms with van der Waals surface area (Å²) >= 11 is 0. The van der Waals surface area contributed by atoms with Gasteiger partial charge in [-0.15, -0.1) is 0 Å². The number of halogens is 3. The highest BCUT2D eigenvalue weighted by atomic mass is 32.2. The summed E-state index contributed by atoms with van der Waals surface area (Å²) in [4.78, 5) is 20.1. The minimum atomic E-state index is -4.59. The molecule has 11 heteroatoms. The molecule has 0 saturated carbocycles. The van der Waals surface area contributed by atoms with Crippen LogP contribution in [-0.4, -0.2) is 30.5 Å². The van der Waals surface area contributed by atoms with Crippen LogP contribution in [0.5, 0.6) is 11.5 Å². The number of amides is 1.